The number of methoxy groups -OCH3 is 1. The van der Waals surface area contributed by atoms with Gasteiger partial charge in [-0.05, 0) is 61.2 Å². The highest BCUT2D eigenvalue weighted by atomic mass is 32.2. The molecule has 21 heavy (non-hydrogen) atoms. The summed E-state index contributed by atoms with van der Waals surface area (Å²) in [5.41, 5.74) is 9.33. The van der Waals surface area contributed by atoms with E-state index in [4.69, 9.17) is 10.5 Å². The SMILES string of the molecule is COc1ccc2c(c1)CC(CN)(N1CCCSCC1)CC2. The van der Waals surface area contributed by atoms with Crippen LogP contribution in [-0.4, -0.2) is 48.7 Å². The Morgan fingerprint density at radius 3 is 3.00 bits per heavy atom. The van der Waals surface area contributed by atoms with E-state index in [0.29, 0.717) is 0 Å². The monoisotopic (exact) mass is 306 g/mol. The zero-order chi connectivity index (χ0) is 14.7. The van der Waals surface area contributed by atoms with Crippen molar-refractivity contribution in [3.63, 3.8) is 0 Å². The third-order valence-corrected chi connectivity index (χ3v) is 6.11. The molecule has 0 amide bonds. The number of nitrogens with two attached hydrogens (primary N) is 1. The molecule has 1 unspecified atom stereocenters. The molecule has 0 spiro atoms. The number of fused-ring (bicyclic) bond motifs is 1. The number of hydrogen-bond acceptors (Lipinski definition) is 4. The molecule has 2 aliphatic rings. The van der Waals surface area contributed by atoms with Crippen LogP contribution in [0.15, 0.2) is 18.2 Å². The van der Waals surface area contributed by atoms with Crippen molar-refractivity contribution in [3.8, 4) is 5.75 Å². The number of nitrogens with zero attached hydrogens (tertiary/aromatic N) is 1. The highest BCUT2D eigenvalue weighted by Gasteiger charge is 2.38. The van der Waals surface area contributed by atoms with Gasteiger partial charge in [0.2, 0.25) is 0 Å². The third kappa shape index (κ3) is 3.08. The summed E-state index contributed by atoms with van der Waals surface area (Å²) in [7, 11) is 1.74. The molecule has 3 nitrogen and oxygen atoms in total. The summed E-state index contributed by atoms with van der Waals surface area (Å²) in [5.74, 6) is 3.50. The summed E-state index contributed by atoms with van der Waals surface area (Å²) in [6.45, 7) is 3.14. The molecule has 1 atom stereocenters. The van der Waals surface area contributed by atoms with E-state index in [0.717, 1.165) is 25.1 Å². The molecule has 2 N–H and O–H groups in total. The molecule has 1 aromatic carbocycles. The van der Waals surface area contributed by atoms with Crippen molar-refractivity contribution in [3.05, 3.63) is 29.3 Å². The van der Waals surface area contributed by atoms with Gasteiger partial charge in [-0.15, -0.1) is 0 Å². The maximum atomic E-state index is 6.27. The van der Waals surface area contributed by atoms with Gasteiger partial charge in [-0.1, -0.05) is 6.07 Å². The predicted octanol–water partition coefficient (Wildman–Crippen LogP) is 2.32. The predicted molar refractivity (Wildman–Crippen MR) is 90.3 cm³/mol. The van der Waals surface area contributed by atoms with E-state index in [1.807, 2.05) is 0 Å². The smallest absolute Gasteiger partial charge is 0.119 e. The standard InChI is InChI=1S/C17H26N2OS/c1-20-16-4-3-14-5-6-17(13-18,12-15(14)11-16)19-7-2-9-21-10-8-19/h3-4,11H,2,5-10,12-13,18H2,1H3. The van der Waals surface area contributed by atoms with Crippen LogP contribution >= 0.6 is 11.8 Å². The molecule has 116 valence electrons. The van der Waals surface area contributed by atoms with Crippen molar-refractivity contribution in [2.45, 2.75) is 31.2 Å². The van der Waals surface area contributed by atoms with Gasteiger partial charge >= 0.3 is 0 Å². The quantitative estimate of drug-likeness (QED) is 0.930. The lowest BCUT2D eigenvalue weighted by atomic mass is 9.76. The van der Waals surface area contributed by atoms with Crippen LogP contribution in [0, 0.1) is 0 Å². The first-order chi connectivity index (χ1) is 10.3. The largest absolute Gasteiger partial charge is 0.497 e. The van der Waals surface area contributed by atoms with E-state index in [2.05, 4.69) is 34.9 Å². The van der Waals surface area contributed by atoms with E-state index in [9.17, 15) is 0 Å². The molecule has 0 aromatic heterocycles. The van der Waals surface area contributed by atoms with Crippen LogP contribution in [0.2, 0.25) is 0 Å². The molecule has 1 saturated heterocycles. The molecule has 1 heterocycles. The Hall–Kier alpha value is -0.710. The first-order valence-electron chi connectivity index (χ1n) is 7.96. The van der Waals surface area contributed by atoms with Gasteiger partial charge in [0.15, 0.2) is 0 Å². The molecule has 0 radical (unpaired) electrons. The lowest BCUT2D eigenvalue weighted by molar-refractivity contribution is 0.0877. The topological polar surface area (TPSA) is 38.5 Å². The second-order valence-electron chi connectivity index (χ2n) is 6.19. The van der Waals surface area contributed by atoms with Gasteiger partial charge in [-0.2, -0.15) is 11.8 Å². The van der Waals surface area contributed by atoms with Crippen molar-refractivity contribution < 1.29 is 4.74 Å². The molecule has 1 aliphatic heterocycles. The van der Waals surface area contributed by atoms with Gasteiger partial charge in [0.25, 0.3) is 0 Å². The number of rotatable bonds is 3. The minimum Gasteiger partial charge on any atom is -0.497 e. The van der Waals surface area contributed by atoms with E-state index in [1.54, 1.807) is 7.11 Å². The highest BCUT2D eigenvalue weighted by molar-refractivity contribution is 7.99. The van der Waals surface area contributed by atoms with Crippen LogP contribution in [0.25, 0.3) is 0 Å². The molecule has 1 fully saturated rings. The van der Waals surface area contributed by atoms with Crippen molar-refractivity contribution in [1.29, 1.82) is 0 Å². The van der Waals surface area contributed by atoms with E-state index >= 15 is 0 Å². The van der Waals surface area contributed by atoms with Gasteiger partial charge < -0.3 is 10.5 Å². The van der Waals surface area contributed by atoms with Crippen LogP contribution in [0.1, 0.15) is 24.0 Å². The molecule has 0 saturated carbocycles. The van der Waals surface area contributed by atoms with Crippen molar-refractivity contribution in [2.75, 3.05) is 38.2 Å². The highest BCUT2D eigenvalue weighted by Crippen LogP contribution is 2.35. The van der Waals surface area contributed by atoms with E-state index in [-0.39, 0.29) is 5.54 Å². The van der Waals surface area contributed by atoms with Crippen LogP contribution in [0.3, 0.4) is 0 Å². The number of ether oxygens (including phenoxy) is 1. The average molecular weight is 306 g/mol. The second-order valence-corrected chi connectivity index (χ2v) is 7.42. The first-order valence-corrected chi connectivity index (χ1v) is 9.11. The van der Waals surface area contributed by atoms with E-state index < -0.39 is 0 Å². The fourth-order valence-corrected chi connectivity index (χ4v) is 4.63. The Labute approximate surface area is 132 Å². The molecule has 1 aromatic rings. The fourth-order valence-electron chi connectivity index (χ4n) is 3.74. The molecular weight excluding hydrogens is 280 g/mol. The summed E-state index contributed by atoms with van der Waals surface area (Å²) < 4.78 is 5.40. The molecular formula is C17H26N2OS. The van der Waals surface area contributed by atoms with Gasteiger partial charge in [0.05, 0.1) is 7.11 Å². The Bertz CT molecular complexity index is 486. The van der Waals surface area contributed by atoms with Crippen molar-refractivity contribution in [2.24, 2.45) is 5.73 Å². The third-order valence-electron chi connectivity index (χ3n) is 5.07. The maximum Gasteiger partial charge on any atom is 0.119 e. The van der Waals surface area contributed by atoms with Gasteiger partial charge in [-0.25, -0.2) is 0 Å². The maximum absolute atomic E-state index is 6.27. The minimum atomic E-state index is 0.157. The normalized spacial score (nSPS) is 27.0. The minimum absolute atomic E-state index is 0.157. The van der Waals surface area contributed by atoms with Crippen LogP contribution in [0.4, 0.5) is 0 Å². The second kappa shape index (κ2) is 6.59. The van der Waals surface area contributed by atoms with E-state index in [1.165, 1.54) is 48.6 Å². The average Bonchev–Trinajstić information content (AvgIpc) is 2.83. The zero-order valence-corrected chi connectivity index (χ0v) is 13.8. The summed E-state index contributed by atoms with van der Waals surface area (Å²) >= 11 is 2.08. The Morgan fingerprint density at radius 1 is 1.29 bits per heavy atom. The van der Waals surface area contributed by atoms with Gasteiger partial charge in [0.1, 0.15) is 5.75 Å². The van der Waals surface area contributed by atoms with Crippen molar-refractivity contribution >= 4 is 11.8 Å². The molecule has 0 bridgehead atoms. The lowest BCUT2D eigenvalue weighted by Crippen LogP contribution is -2.57. The van der Waals surface area contributed by atoms with Gasteiger partial charge in [-0.3, -0.25) is 4.90 Å². The Kier molecular flexibility index (Phi) is 4.77. The van der Waals surface area contributed by atoms with Crippen molar-refractivity contribution in [1.82, 2.24) is 4.90 Å². The van der Waals surface area contributed by atoms with Crippen LogP contribution < -0.4 is 10.5 Å². The number of aryl methyl sites for hydroxylation is 1. The number of hydrogen-bond donors (Lipinski definition) is 1. The zero-order valence-electron chi connectivity index (χ0n) is 12.9. The summed E-state index contributed by atoms with van der Waals surface area (Å²) in [6.07, 6.45) is 4.69. The van der Waals surface area contributed by atoms with Gasteiger partial charge in [0, 0.05) is 24.4 Å². The number of benzene rings is 1. The first kappa shape index (κ1) is 15.2. The lowest BCUT2D eigenvalue weighted by Gasteiger charge is -2.46. The molecule has 4 heteroatoms. The Balaban J connectivity index is 1.86. The molecule has 3 rings (SSSR count). The van der Waals surface area contributed by atoms with Crippen LogP contribution in [-0.2, 0) is 12.8 Å². The number of thioether (sulfide) groups is 1. The summed E-state index contributed by atoms with van der Waals surface area (Å²) in [5, 5.41) is 0. The molecule has 1 aliphatic carbocycles. The summed E-state index contributed by atoms with van der Waals surface area (Å²) in [4.78, 5) is 2.68. The van der Waals surface area contributed by atoms with Crippen LogP contribution in [0.5, 0.6) is 5.75 Å². The Morgan fingerprint density at radius 2 is 2.19 bits per heavy atom. The fraction of sp³-hybridized carbons (Fsp3) is 0.647. The summed E-state index contributed by atoms with van der Waals surface area (Å²) in [6, 6.07) is 6.52.